The van der Waals surface area contributed by atoms with Crippen LogP contribution in [0.15, 0.2) is 0 Å². The Morgan fingerprint density at radius 2 is 1.82 bits per heavy atom. The molecule has 0 saturated carbocycles. The van der Waals surface area contributed by atoms with Crippen molar-refractivity contribution in [2.45, 2.75) is 18.3 Å². The van der Waals surface area contributed by atoms with Crippen LogP contribution in [0.5, 0.6) is 0 Å². The number of hydrogen-bond acceptors (Lipinski definition) is 7. The molecule has 5 N–H and O–H groups in total. The van der Waals surface area contributed by atoms with E-state index in [1.165, 1.54) is 7.11 Å². The molecule has 1 unspecified atom stereocenters. The average molecular weight is 274 g/mol. The molecule has 0 aliphatic rings. The van der Waals surface area contributed by atoms with Crippen LogP contribution in [0.3, 0.4) is 0 Å². The lowest BCUT2D eigenvalue weighted by Crippen LogP contribution is -2.45. The van der Waals surface area contributed by atoms with Crippen molar-refractivity contribution >= 4 is 13.6 Å². The standard InChI is InChI=1S/C7H15O9P/c1-15-2-4(8)6(10)7(11)5(9)3-16-17(12,13)14/h4,6-8,10-11H,2-3H2,1H3,(H2,12,13,14)/t4?,6-,7-/m0/s1. The highest BCUT2D eigenvalue weighted by atomic mass is 31.2. The summed E-state index contributed by atoms with van der Waals surface area (Å²) in [5.74, 6) is -1.17. The minimum Gasteiger partial charge on any atom is -0.388 e. The highest BCUT2D eigenvalue weighted by Crippen LogP contribution is 2.35. The van der Waals surface area contributed by atoms with Crippen molar-refractivity contribution in [2.75, 3.05) is 20.3 Å². The summed E-state index contributed by atoms with van der Waals surface area (Å²) in [6.45, 7) is -1.40. The van der Waals surface area contributed by atoms with E-state index in [0.29, 0.717) is 0 Å². The molecule has 0 spiro atoms. The molecule has 17 heavy (non-hydrogen) atoms. The van der Waals surface area contributed by atoms with E-state index < -0.39 is 38.5 Å². The van der Waals surface area contributed by atoms with Gasteiger partial charge in [-0.25, -0.2) is 4.57 Å². The number of ketones is 1. The second-order valence-corrected chi connectivity index (χ2v) is 4.43. The van der Waals surface area contributed by atoms with E-state index in [-0.39, 0.29) is 6.61 Å². The summed E-state index contributed by atoms with van der Waals surface area (Å²) in [4.78, 5) is 27.7. The molecule has 0 bridgehead atoms. The Kier molecular flexibility index (Phi) is 6.98. The van der Waals surface area contributed by atoms with E-state index in [1.807, 2.05) is 0 Å². The molecule has 0 rings (SSSR count). The smallest absolute Gasteiger partial charge is 0.388 e. The van der Waals surface area contributed by atoms with Crippen LogP contribution < -0.4 is 0 Å². The molecular formula is C7H15O9P. The molecular weight excluding hydrogens is 259 g/mol. The minimum absolute atomic E-state index is 0.315. The number of hydrogen-bond donors (Lipinski definition) is 5. The van der Waals surface area contributed by atoms with Gasteiger partial charge in [0.15, 0.2) is 5.78 Å². The molecule has 3 atom stereocenters. The van der Waals surface area contributed by atoms with Gasteiger partial charge in [-0.15, -0.1) is 0 Å². The quantitative estimate of drug-likeness (QED) is 0.299. The van der Waals surface area contributed by atoms with Crippen LogP contribution in [0.25, 0.3) is 0 Å². The number of carbonyl (C=O) groups excluding carboxylic acids is 1. The Morgan fingerprint density at radius 3 is 2.24 bits per heavy atom. The fourth-order valence-corrected chi connectivity index (χ4v) is 1.20. The molecule has 0 heterocycles. The second kappa shape index (κ2) is 7.14. The average Bonchev–Trinajstić information content (AvgIpc) is 2.23. The SMILES string of the molecule is COCC(O)[C@H](O)[C@@H](O)C(=O)COP(=O)(O)O. The Balaban J connectivity index is 4.25. The van der Waals surface area contributed by atoms with Crippen molar-refractivity contribution in [3.63, 3.8) is 0 Å². The van der Waals surface area contributed by atoms with E-state index in [4.69, 9.17) is 9.79 Å². The number of methoxy groups -OCH3 is 1. The number of rotatable bonds is 8. The van der Waals surface area contributed by atoms with Gasteiger partial charge < -0.3 is 29.8 Å². The lowest BCUT2D eigenvalue weighted by Gasteiger charge is -2.21. The Hall–Kier alpha value is -0.380. The lowest BCUT2D eigenvalue weighted by atomic mass is 10.1. The topological polar surface area (TPSA) is 154 Å². The highest BCUT2D eigenvalue weighted by molar-refractivity contribution is 7.46. The summed E-state index contributed by atoms with van der Waals surface area (Å²) in [5, 5.41) is 27.7. The van der Waals surface area contributed by atoms with E-state index in [1.54, 1.807) is 0 Å². The molecule has 0 fully saturated rings. The van der Waals surface area contributed by atoms with Gasteiger partial charge in [-0.3, -0.25) is 9.32 Å². The molecule has 0 aliphatic heterocycles. The number of aliphatic hydroxyl groups excluding tert-OH is 3. The van der Waals surface area contributed by atoms with Gasteiger partial charge >= 0.3 is 7.82 Å². The zero-order valence-corrected chi connectivity index (χ0v) is 9.86. The summed E-state index contributed by atoms with van der Waals surface area (Å²) in [6, 6.07) is 0. The van der Waals surface area contributed by atoms with Crippen LogP contribution in [0, 0.1) is 0 Å². The molecule has 0 amide bonds. The van der Waals surface area contributed by atoms with Crippen molar-refractivity contribution in [1.82, 2.24) is 0 Å². The second-order valence-electron chi connectivity index (χ2n) is 3.19. The number of carbonyl (C=O) groups is 1. The predicted octanol–water partition coefficient (Wildman–Crippen LogP) is -2.61. The first-order valence-electron chi connectivity index (χ1n) is 4.45. The maximum absolute atomic E-state index is 11.1. The molecule has 0 aromatic heterocycles. The zero-order valence-electron chi connectivity index (χ0n) is 8.96. The van der Waals surface area contributed by atoms with E-state index >= 15 is 0 Å². The third-order valence-electron chi connectivity index (χ3n) is 1.76. The Morgan fingerprint density at radius 1 is 1.29 bits per heavy atom. The van der Waals surface area contributed by atoms with Crippen molar-refractivity contribution in [1.29, 1.82) is 0 Å². The number of phosphoric acid groups is 1. The monoisotopic (exact) mass is 274 g/mol. The molecule has 10 heteroatoms. The van der Waals surface area contributed by atoms with Gasteiger partial charge in [0.05, 0.1) is 6.61 Å². The van der Waals surface area contributed by atoms with Gasteiger partial charge in [0.1, 0.15) is 24.9 Å². The van der Waals surface area contributed by atoms with Gasteiger partial charge in [0.2, 0.25) is 0 Å². The minimum atomic E-state index is -4.83. The summed E-state index contributed by atoms with van der Waals surface area (Å²) in [7, 11) is -3.59. The molecule has 0 radical (unpaired) electrons. The summed E-state index contributed by atoms with van der Waals surface area (Å²) in [6.07, 6.45) is -5.36. The summed E-state index contributed by atoms with van der Waals surface area (Å²) in [5.41, 5.74) is 0. The molecule has 0 aromatic rings. The predicted molar refractivity (Wildman–Crippen MR) is 52.9 cm³/mol. The van der Waals surface area contributed by atoms with Crippen LogP contribution in [0.1, 0.15) is 0 Å². The summed E-state index contributed by atoms with van der Waals surface area (Å²) >= 11 is 0. The maximum Gasteiger partial charge on any atom is 0.470 e. The van der Waals surface area contributed by atoms with Crippen molar-refractivity contribution in [3.8, 4) is 0 Å². The van der Waals surface area contributed by atoms with Crippen molar-refractivity contribution in [2.24, 2.45) is 0 Å². The molecule has 0 aliphatic carbocycles. The molecule has 0 aromatic carbocycles. The first kappa shape index (κ1) is 16.6. The van der Waals surface area contributed by atoms with Crippen molar-refractivity contribution < 1.29 is 43.7 Å². The van der Waals surface area contributed by atoms with Gasteiger partial charge in [-0.1, -0.05) is 0 Å². The third kappa shape index (κ3) is 6.81. The van der Waals surface area contributed by atoms with Gasteiger partial charge in [0.25, 0.3) is 0 Å². The largest absolute Gasteiger partial charge is 0.470 e. The molecule has 0 saturated heterocycles. The fourth-order valence-electron chi connectivity index (χ4n) is 0.903. The van der Waals surface area contributed by atoms with Gasteiger partial charge in [-0.2, -0.15) is 0 Å². The van der Waals surface area contributed by atoms with Crippen LogP contribution >= 0.6 is 7.82 Å². The molecule has 102 valence electrons. The Bertz CT molecular complexity index is 287. The van der Waals surface area contributed by atoms with E-state index in [2.05, 4.69) is 9.26 Å². The molecule has 9 nitrogen and oxygen atoms in total. The van der Waals surface area contributed by atoms with Gasteiger partial charge in [0, 0.05) is 7.11 Å². The van der Waals surface area contributed by atoms with Crippen LogP contribution in [-0.2, 0) is 18.6 Å². The number of aliphatic hydroxyl groups is 3. The Labute approximate surface area is 96.8 Å². The normalized spacial score (nSPS) is 17.5. The number of phosphoric ester groups is 1. The van der Waals surface area contributed by atoms with Crippen molar-refractivity contribution in [3.05, 3.63) is 0 Å². The number of Topliss-reactive ketones (excluding diaryl/α,β-unsaturated/α-hetero) is 1. The first-order chi connectivity index (χ1) is 7.69. The zero-order chi connectivity index (χ0) is 13.6. The summed E-state index contributed by atoms with van der Waals surface area (Å²) < 4.78 is 18.6. The van der Waals surface area contributed by atoms with Crippen LogP contribution in [0.4, 0.5) is 0 Å². The first-order valence-corrected chi connectivity index (χ1v) is 5.98. The van der Waals surface area contributed by atoms with E-state index in [9.17, 15) is 24.7 Å². The van der Waals surface area contributed by atoms with Gasteiger partial charge in [-0.05, 0) is 0 Å². The highest BCUT2D eigenvalue weighted by Gasteiger charge is 2.31. The van der Waals surface area contributed by atoms with Crippen LogP contribution in [-0.4, -0.2) is 69.5 Å². The lowest BCUT2D eigenvalue weighted by molar-refractivity contribution is -0.143. The van der Waals surface area contributed by atoms with E-state index in [0.717, 1.165) is 0 Å². The maximum atomic E-state index is 11.1. The number of ether oxygens (including phenoxy) is 1. The van der Waals surface area contributed by atoms with Crippen LogP contribution in [0.2, 0.25) is 0 Å². The third-order valence-corrected chi connectivity index (χ3v) is 2.23. The fraction of sp³-hybridized carbons (Fsp3) is 0.857.